The van der Waals surface area contributed by atoms with Crippen LogP contribution in [0.5, 0.6) is 0 Å². The third-order valence-corrected chi connectivity index (χ3v) is 3.76. The molecule has 0 aliphatic carbocycles. The van der Waals surface area contributed by atoms with Crippen molar-refractivity contribution in [1.29, 1.82) is 0 Å². The molecule has 2 rings (SSSR count). The quantitative estimate of drug-likeness (QED) is 0.895. The number of anilines is 1. The third-order valence-electron chi connectivity index (χ3n) is 3.02. The van der Waals surface area contributed by atoms with Gasteiger partial charge in [-0.25, -0.2) is 0 Å². The smallest absolute Gasteiger partial charge is 0.0727 e. The Bertz CT molecular complexity index is 612. The number of halogens is 2. The van der Waals surface area contributed by atoms with Crippen LogP contribution in [0, 0.1) is 0 Å². The highest BCUT2D eigenvalue weighted by molar-refractivity contribution is 6.42. The molecule has 0 radical (unpaired) electrons. The highest BCUT2D eigenvalue weighted by Gasteiger charge is 2.21. The zero-order valence-corrected chi connectivity index (χ0v) is 13.7. The van der Waals surface area contributed by atoms with Crippen LogP contribution in [0.4, 0.5) is 5.69 Å². The lowest BCUT2D eigenvalue weighted by molar-refractivity contribution is 0.549. The fraction of sp³-hybridized carbons (Fsp3) is 0.400. The Morgan fingerprint density at radius 3 is 2.50 bits per heavy atom. The number of nitrogens with zero attached hydrogens (tertiary/aromatic N) is 2. The maximum Gasteiger partial charge on any atom is 0.0727 e. The van der Waals surface area contributed by atoms with Crippen LogP contribution in [-0.4, -0.2) is 9.78 Å². The maximum absolute atomic E-state index is 6.02. The summed E-state index contributed by atoms with van der Waals surface area (Å²) in [4.78, 5) is 0. The largest absolute Gasteiger partial charge is 0.381 e. The summed E-state index contributed by atoms with van der Waals surface area (Å²) < 4.78 is 1.85. The zero-order chi connectivity index (χ0) is 14.9. The van der Waals surface area contributed by atoms with Gasteiger partial charge >= 0.3 is 0 Å². The average Bonchev–Trinajstić information content (AvgIpc) is 2.72. The molecular weight excluding hydrogens is 293 g/mol. The Labute approximate surface area is 129 Å². The molecule has 0 amide bonds. The van der Waals surface area contributed by atoms with Gasteiger partial charge in [0.2, 0.25) is 0 Å². The molecule has 1 N–H and O–H groups in total. The molecule has 0 aliphatic rings. The van der Waals surface area contributed by atoms with E-state index in [2.05, 4.69) is 31.2 Å². The van der Waals surface area contributed by atoms with Gasteiger partial charge in [0.05, 0.1) is 15.7 Å². The molecule has 1 aromatic carbocycles. The van der Waals surface area contributed by atoms with Crippen molar-refractivity contribution in [2.45, 2.75) is 32.7 Å². The van der Waals surface area contributed by atoms with Crippen molar-refractivity contribution >= 4 is 28.9 Å². The van der Waals surface area contributed by atoms with Gasteiger partial charge in [-0.2, -0.15) is 5.10 Å². The highest BCUT2D eigenvalue weighted by atomic mass is 35.5. The van der Waals surface area contributed by atoms with Crippen molar-refractivity contribution in [3.8, 4) is 0 Å². The molecule has 0 bridgehead atoms. The number of hydrogen-bond donors (Lipinski definition) is 1. The molecule has 1 aromatic heterocycles. The standard InChI is InChI=1S/C15H19Cl2N3/c1-15(2,3)14-10(9-20(4)19-14)8-18-11-5-6-12(16)13(17)7-11/h5-7,9,18H,8H2,1-4H3. The van der Waals surface area contributed by atoms with Crippen LogP contribution in [0.15, 0.2) is 24.4 Å². The first-order valence-corrected chi connectivity index (χ1v) is 7.25. The summed E-state index contributed by atoms with van der Waals surface area (Å²) in [7, 11) is 1.94. The van der Waals surface area contributed by atoms with Crippen molar-refractivity contribution < 1.29 is 0 Å². The van der Waals surface area contributed by atoms with Crippen molar-refractivity contribution in [1.82, 2.24) is 9.78 Å². The van der Waals surface area contributed by atoms with Gasteiger partial charge in [-0.1, -0.05) is 44.0 Å². The first kappa shape index (κ1) is 15.2. The van der Waals surface area contributed by atoms with Gasteiger partial charge in [0.1, 0.15) is 0 Å². The molecule has 1 heterocycles. The summed E-state index contributed by atoms with van der Waals surface area (Å²) in [5.41, 5.74) is 3.26. The van der Waals surface area contributed by atoms with Crippen LogP contribution in [0.2, 0.25) is 10.0 Å². The molecule has 0 saturated heterocycles. The lowest BCUT2D eigenvalue weighted by atomic mass is 9.89. The lowest BCUT2D eigenvalue weighted by Crippen LogP contribution is -2.16. The van der Waals surface area contributed by atoms with E-state index < -0.39 is 0 Å². The Kier molecular flexibility index (Phi) is 4.31. The summed E-state index contributed by atoms with van der Waals surface area (Å²) in [5, 5.41) is 9.03. The van der Waals surface area contributed by atoms with Crippen LogP contribution in [0.25, 0.3) is 0 Å². The average molecular weight is 312 g/mol. The second-order valence-electron chi connectivity index (χ2n) is 5.91. The Hall–Kier alpha value is -1.19. The van der Waals surface area contributed by atoms with E-state index in [9.17, 15) is 0 Å². The van der Waals surface area contributed by atoms with Crippen LogP contribution in [0.1, 0.15) is 32.0 Å². The number of hydrogen-bond acceptors (Lipinski definition) is 2. The molecule has 0 atom stereocenters. The predicted molar refractivity (Wildman–Crippen MR) is 85.7 cm³/mol. The summed E-state index contributed by atoms with van der Waals surface area (Å²) >= 11 is 11.9. The fourth-order valence-corrected chi connectivity index (χ4v) is 2.40. The van der Waals surface area contributed by atoms with Crippen LogP contribution >= 0.6 is 23.2 Å². The summed E-state index contributed by atoms with van der Waals surface area (Å²) in [6, 6.07) is 5.54. The SMILES string of the molecule is Cn1cc(CNc2ccc(Cl)c(Cl)c2)c(C(C)(C)C)n1. The lowest BCUT2D eigenvalue weighted by Gasteiger charge is -2.18. The second-order valence-corrected chi connectivity index (χ2v) is 6.72. The molecule has 0 aliphatic heterocycles. The Morgan fingerprint density at radius 2 is 1.90 bits per heavy atom. The van der Waals surface area contributed by atoms with Crippen molar-refractivity contribution in [3.05, 3.63) is 45.7 Å². The molecule has 0 spiro atoms. The van der Waals surface area contributed by atoms with E-state index >= 15 is 0 Å². The first-order valence-electron chi connectivity index (χ1n) is 6.49. The van der Waals surface area contributed by atoms with Gasteiger partial charge in [0, 0.05) is 36.5 Å². The molecule has 2 aromatic rings. The number of nitrogens with one attached hydrogen (secondary N) is 1. The van der Waals surface area contributed by atoms with Crippen LogP contribution in [-0.2, 0) is 19.0 Å². The number of rotatable bonds is 3. The van der Waals surface area contributed by atoms with E-state index in [0.29, 0.717) is 16.6 Å². The number of aryl methyl sites for hydroxylation is 1. The van der Waals surface area contributed by atoms with E-state index in [1.807, 2.05) is 30.1 Å². The normalized spacial score (nSPS) is 11.7. The van der Waals surface area contributed by atoms with E-state index in [1.54, 1.807) is 6.07 Å². The van der Waals surface area contributed by atoms with E-state index in [0.717, 1.165) is 11.4 Å². The van der Waals surface area contributed by atoms with Gasteiger partial charge in [-0.05, 0) is 18.2 Å². The summed E-state index contributed by atoms with van der Waals surface area (Å²) in [5.74, 6) is 0. The molecule has 0 unspecified atom stereocenters. The maximum atomic E-state index is 6.02. The van der Waals surface area contributed by atoms with Gasteiger partial charge in [-0.3, -0.25) is 4.68 Å². The molecule has 3 nitrogen and oxygen atoms in total. The van der Waals surface area contributed by atoms with E-state index in [4.69, 9.17) is 23.2 Å². The molecule has 0 fully saturated rings. The molecule has 20 heavy (non-hydrogen) atoms. The van der Waals surface area contributed by atoms with Crippen molar-refractivity contribution in [3.63, 3.8) is 0 Å². The third kappa shape index (κ3) is 3.47. The van der Waals surface area contributed by atoms with Crippen LogP contribution in [0.3, 0.4) is 0 Å². The minimum Gasteiger partial charge on any atom is -0.381 e. The van der Waals surface area contributed by atoms with E-state index in [1.165, 1.54) is 5.56 Å². The zero-order valence-electron chi connectivity index (χ0n) is 12.2. The number of benzene rings is 1. The first-order chi connectivity index (χ1) is 9.27. The minimum absolute atomic E-state index is 0.0237. The minimum atomic E-state index is 0.0237. The fourth-order valence-electron chi connectivity index (χ4n) is 2.10. The monoisotopic (exact) mass is 311 g/mol. The van der Waals surface area contributed by atoms with Crippen molar-refractivity contribution in [2.24, 2.45) is 7.05 Å². The molecule has 108 valence electrons. The molecule has 0 saturated carbocycles. The second kappa shape index (κ2) is 5.66. The summed E-state index contributed by atoms with van der Waals surface area (Å²) in [6.07, 6.45) is 2.05. The highest BCUT2D eigenvalue weighted by Crippen LogP contribution is 2.27. The van der Waals surface area contributed by atoms with Gasteiger partial charge in [0.25, 0.3) is 0 Å². The van der Waals surface area contributed by atoms with Gasteiger partial charge in [0.15, 0.2) is 0 Å². The Balaban J connectivity index is 2.17. The van der Waals surface area contributed by atoms with E-state index in [-0.39, 0.29) is 5.41 Å². The number of aromatic nitrogens is 2. The summed E-state index contributed by atoms with van der Waals surface area (Å²) in [6.45, 7) is 7.20. The van der Waals surface area contributed by atoms with Crippen molar-refractivity contribution in [2.75, 3.05) is 5.32 Å². The van der Waals surface area contributed by atoms with Gasteiger partial charge in [-0.15, -0.1) is 0 Å². The topological polar surface area (TPSA) is 29.9 Å². The Morgan fingerprint density at radius 1 is 1.20 bits per heavy atom. The predicted octanol–water partition coefficient (Wildman–Crippen LogP) is 4.64. The van der Waals surface area contributed by atoms with Crippen LogP contribution < -0.4 is 5.32 Å². The van der Waals surface area contributed by atoms with Gasteiger partial charge < -0.3 is 5.32 Å². The molecule has 5 heteroatoms. The molecular formula is C15H19Cl2N3.